The lowest BCUT2D eigenvalue weighted by Gasteiger charge is -2.21. The zero-order valence-corrected chi connectivity index (χ0v) is 12.8. The van der Waals surface area contributed by atoms with E-state index in [0.717, 1.165) is 0 Å². The number of amides is 1. The van der Waals surface area contributed by atoms with Crippen LogP contribution in [0.4, 0.5) is 10.5 Å². The molecule has 0 aromatic heterocycles. The van der Waals surface area contributed by atoms with Crippen LogP contribution in [0.2, 0.25) is 0 Å². The Morgan fingerprint density at radius 1 is 1.41 bits per heavy atom. The average Bonchev–Trinajstić information content (AvgIpc) is 2.42. The van der Waals surface area contributed by atoms with E-state index >= 15 is 0 Å². The molecule has 0 heterocycles. The molecule has 1 aromatic rings. The quantitative estimate of drug-likeness (QED) is 0.508. The van der Waals surface area contributed by atoms with Gasteiger partial charge in [-0.05, 0) is 32.4 Å². The predicted octanol–water partition coefficient (Wildman–Crippen LogP) is 2.37. The van der Waals surface area contributed by atoms with E-state index < -0.39 is 22.7 Å². The molecule has 8 heteroatoms. The third kappa shape index (κ3) is 4.72. The third-order valence-electron chi connectivity index (χ3n) is 2.57. The minimum atomic E-state index is -1.06. The Morgan fingerprint density at radius 2 is 2.05 bits per heavy atom. The molecule has 1 N–H and O–H groups in total. The van der Waals surface area contributed by atoms with Gasteiger partial charge in [0.15, 0.2) is 5.75 Å². The van der Waals surface area contributed by atoms with Gasteiger partial charge in [-0.2, -0.15) is 0 Å². The van der Waals surface area contributed by atoms with Crippen molar-refractivity contribution < 1.29 is 24.0 Å². The topological polar surface area (TPSA) is 108 Å². The van der Waals surface area contributed by atoms with Gasteiger partial charge >= 0.3 is 11.8 Å². The number of carbonyl (C=O) groups is 2. The lowest BCUT2D eigenvalue weighted by molar-refractivity contribution is -0.385. The highest BCUT2D eigenvalue weighted by Crippen LogP contribution is 2.29. The number of nitrogens with one attached hydrogen (secondary N) is 1. The van der Waals surface area contributed by atoms with E-state index in [-0.39, 0.29) is 17.0 Å². The van der Waals surface area contributed by atoms with E-state index in [0.29, 0.717) is 6.29 Å². The second-order valence-electron chi connectivity index (χ2n) is 5.45. The molecule has 1 amide bonds. The number of benzene rings is 1. The monoisotopic (exact) mass is 310 g/mol. The first-order chi connectivity index (χ1) is 10.2. The molecule has 0 spiro atoms. The van der Waals surface area contributed by atoms with Crippen molar-refractivity contribution in [2.24, 2.45) is 0 Å². The molecule has 0 aliphatic rings. The van der Waals surface area contributed by atoms with Crippen molar-refractivity contribution in [1.82, 2.24) is 5.32 Å². The first-order valence-corrected chi connectivity index (χ1v) is 6.45. The highest BCUT2D eigenvalue weighted by Gasteiger charge is 2.23. The Labute approximate surface area is 127 Å². The Bertz CT molecular complexity index is 579. The van der Waals surface area contributed by atoms with Crippen LogP contribution in [0.1, 0.15) is 32.4 Å². The standard InChI is InChI=1S/C14H18N2O6/c1-14(2,3)22-13(18)15-10(8-17)9-5-6-12(21-4)11(7-9)16(19)20/h5-8,10H,1-4H3,(H,15,18). The van der Waals surface area contributed by atoms with Crippen LogP contribution in [0.25, 0.3) is 0 Å². The number of methoxy groups -OCH3 is 1. The number of hydrogen-bond acceptors (Lipinski definition) is 6. The minimum Gasteiger partial charge on any atom is -0.490 e. The number of nitro benzene ring substituents is 1. The zero-order chi connectivity index (χ0) is 16.9. The Balaban J connectivity index is 3.01. The van der Waals surface area contributed by atoms with E-state index in [2.05, 4.69) is 5.32 Å². The number of carbonyl (C=O) groups excluding carboxylic acids is 2. The van der Waals surface area contributed by atoms with Gasteiger partial charge in [0.25, 0.3) is 0 Å². The maximum atomic E-state index is 11.7. The first kappa shape index (κ1) is 17.4. The molecule has 0 aliphatic carbocycles. The van der Waals surface area contributed by atoms with Crippen LogP contribution in [0, 0.1) is 10.1 Å². The van der Waals surface area contributed by atoms with Crippen LogP contribution in [-0.2, 0) is 9.53 Å². The molecule has 0 radical (unpaired) electrons. The van der Waals surface area contributed by atoms with Gasteiger partial charge in [-0.25, -0.2) is 4.79 Å². The number of alkyl carbamates (subject to hydrolysis) is 1. The SMILES string of the molecule is COc1ccc(C(C=O)NC(=O)OC(C)(C)C)cc1[N+](=O)[O-]. The van der Waals surface area contributed by atoms with Crippen LogP contribution >= 0.6 is 0 Å². The van der Waals surface area contributed by atoms with E-state index in [1.807, 2.05) is 0 Å². The summed E-state index contributed by atoms with van der Waals surface area (Å²) in [4.78, 5) is 33.2. The summed E-state index contributed by atoms with van der Waals surface area (Å²) in [6.07, 6.45) is -0.321. The van der Waals surface area contributed by atoms with Gasteiger partial charge < -0.3 is 19.6 Å². The molecule has 22 heavy (non-hydrogen) atoms. The first-order valence-electron chi connectivity index (χ1n) is 6.45. The van der Waals surface area contributed by atoms with Crippen molar-refractivity contribution in [3.05, 3.63) is 33.9 Å². The molecule has 0 bridgehead atoms. The molecule has 1 atom stereocenters. The fourth-order valence-corrected chi connectivity index (χ4v) is 1.67. The largest absolute Gasteiger partial charge is 0.490 e. The van der Waals surface area contributed by atoms with Crippen molar-refractivity contribution in [3.63, 3.8) is 0 Å². The number of hydrogen-bond donors (Lipinski definition) is 1. The van der Waals surface area contributed by atoms with Gasteiger partial charge in [-0.3, -0.25) is 10.1 Å². The fraction of sp³-hybridized carbons (Fsp3) is 0.429. The number of nitro groups is 1. The Morgan fingerprint density at radius 3 is 2.50 bits per heavy atom. The minimum absolute atomic E-state index is 0.0654. The molecular weight excluding hydrogens is 292 g/mol. The van der Waals surface area contributed by atoms with E-state index in [9.17, 15) is 19.7 Å². The molecule has 1 rings (SSSR count). The summed E-state index contributed by atoms with van der Waals surface area (Å²) < 4.78 is 9.93. The summed E-state index contributed by atoms with van der Waals surface area (Å²) in [5.74, 6) is 0.0654. The molecule has 0 saturated heterocycles. The van der Waals surface area contributed by atoms with Crippen molar-refractivity contribution in [2.75, 3.05) is 7.11 Å². The third-order valence-corrected chi connectivity index (χ3v) is 2.57. The number of rotatable bonds is 5. The van der Waals surface area contributed by atoms with Gasteiger partial charge in [-0.1, -0.05) is 6.07 Å². The number of aldehydes is 1. The predicted molar refractivity (Wildman–Crippen MR) is 77.8 cm³/mol. The van der Waals surface area contributed by atoms with Gasteiger partial charge in [0.05, 0.1) is 12.0 Å². The molecule has 0 fully saturated rings. The number of ether oxygens (including phenoxy) is 2. The normalized spacial score (nSPS) is 12.2. The molecule has 0 saturated carbocycles. The maximum Gasteiger partial charge on any atom is 0.408 e. The van der Waals surface area contributed by atoms with E-state index in [4.69, 9.17) is 9.47 Å². The van der Waals surface area contributed by atoms with Gasteiger partial charge in [0.2, 0.25) is 0 Å². The summed E-state index contributed by atoms with van der Waals surface area (Å²) in [6, 6.07) is 2.94. The van der Waals surface area contributed by atoms with Gasteiger partial charge in [-0.15, -0.1) is 0 Å². The summed E-state index contributed by atoms with van der Waals surface area (Å²) in [5, 5.41) is 13.3. The highest BCUT2D eigenvalue weighted by atomic mass is 16.6. The molecule has 120 valence electrons. The van der Waals surface area contributed by atoms with Crippen LogP contribution in [0.3, 0.4) is 0 Å². The summed E-state index contributed by atoms with van der Waals surface area (Å²) in [6.45, 7) is 5.04. The van der Waals surface area contributed by atoms with Crippen LogP contribution in [-0.4, -0.2) is 30.0 Å². The summed E-state index contributed by atoms with van der Waals surface area (Å²) in [5.41, 5.74) is -0.755. The molecule has 8 nitrogen and oxygen atoms in total. The average molecular weight is 310 g/mol. The summed E-state index contributed by atoms with van der Waals surface area (Å²) >= 11 is 0. The van der Waals surface area contributed by atoms with E-state index in [1.165, 1.54) is 25.3 Å². The van der Waals surface area contributed by atoms with Crippen molar-refractivity contribution in [2.45, 2.75) is 32.4 Å². The maximum absolute atomic E-state index is 11.7. The Kier molecular flexibility index (Phi) is 5.44. The van der Waals surface area contributed by atoms with E-state index in [1.54, 1.807) is 20.8 Å². The highest BCUT2D eigenvalue weighted by molar-refractivity contribution is 5.75. The van der Waals surface area contributed by atoms with Gasteiger partial charge in [0.1, 0.15) is 17.9 Å². The van der Waals surface area contributed by atoms with Crippen molar-refractivity contribution in [1.29, 1.82) is 0 Å². The van der Waals surface area contributed by atoms with Crippen LogP contribution in [0.15, 0.2) is 18.2 Å². The second kappa shape index (κ2) is 6.88. The molecular formula is C14H18N2O6. The lowest BCUT2D eigenvalue weighted by atomic mass is 10.1. The zero-order valence-electron chi connectivity index (χ0n) is 12.8. The van der Waals surface area contributed by atoms with Crippen LogP contribution < -0.4 is 10.1 Å². The summed E-state index contributed by atoms with van der Waals surface area (Å²) in [7, 11) is 1.30. The Hall–Kier alpha value is -2.64. The molecule has 0 aliphatic heterocycles. The second-order valence-corrected chi connectivity index (χ2v) is 5.45. The van der Waals surface area contributed by atoms with Crippen LogP contribution in [0.5, 0.6) is 5.75 Å². The number of nitrogens with zero attached hydrogens (tertiary/aromatic N) is 1. The molecule has 1 unspecified atom stereocenters. The van der Waals surface area contributed by atoms with Gasteiger partial charge in [0, 0.05) is 6.07 Å². The fourth-order valence-electron chi connectivity index (χ4n) is 1.67. The molecule has 1 aromatic carbocycles. The van der Waals surface area contributed by atoms with Crippen molar-refractivity contribution in [3.8, 4) is 5.75 Å². The smallest absolute Gasteiger partial charge is 0.408 e. The van der Waals surface area contributed by atoms with Crippen molar-refractivity contribution >= 4 is 18.1 Å². The lowest BCUT2D eigenvalue weighted by Crippen LogP contribution is -2.35.